The van der Waals surface area contributed by atoms with Crippen LogP contribution >= 0.6 is 22.7 Å². The third-order valence-corrected chi connectivity index (χ3v) is 11.7. The van der Waals surface area contributed by atoms with Gasteiger partial charge in [-0.05, 0) is 71.4 Å². The number of benzene rings is 7. The van der Waals surface area contributed by atoms with Crippen molar-refractivity contribution < 1.29 is 0 Å². The van der Waals surface area contributed by atoms with Crippen LogP contribution in [0.5, 0.6) is 0 Å². The standard InChI is InChI=1S/C41H23N3S2/c1-2-10-25-22-35-30(21-24(25)9-1)31-23-26(43-32-14-6-3-11-27(32)28-12-4-7-15-33(28)43)17-18-34(31)44(35)41-42-40-38(46-41)20-19-37-39(40)29-13-5-8-16-36(29)45-37/h1-23H. The molecule has 0 amide bonds. The van der Waals surface area contributed by atoms with E-state index < -0.39 is 0 Å². The zero-order chi connectivity index (χ0) is 29.9. The first kappa shape index (κ1) is 24.8. The van der Waals surface area contributed by atoms with Gasteiger partial charge in [0.2, 0.25) is 0 Å². The lowest BCUT2D eigenvalue weighted by Gasteiger charge is -2.09. The number of aromatic nitrogens is 3. The van der Waals surface area contributed by atoms with Crippen LogP contribution in [0.3, 0.4) is 0 Å². The molecular weight excluding hydrogens is 599 g/mol. The Morgan fingerprint density at radius 2 is 1.04 bits per heavy atom. The zero-order valence-corrected chi connectivity index (χ0v) is 26.1. The van der Waals surface area contributed by atoms with Gasteiger partial charge in [0.25, 0.3) is 0 Å². The van der Waals surface area contributed by atoms with Crippen molar-refractivity contribution in [1.29, 1.82) is 0 Å². The van der Waals surface area contributed by atoms with E-state index in [0.717, 1.165) is 16.3 Å². The second kappa shape index (κ2) is 9.04. The van der Waals surface area contributed by atoms with Gasteiger partial charge in [-0.2, -0.15) is 0 Å². The second-order valence-corrected chi connectivity index (χ2v) is 14.1. The third-order valence-electron chi connectivity index (χ3n) is 9.53. The number of thiophene rings is 1. The maximum atomic E-state index is 5.42. The molecule has 0 aliphatic heterocycles. The lowest BCUT2D eigenvalue weighted by Crippen LogP contribution is -1.95. The maximum Gasteiger partial charge on any atom is 0.195 e. The van der Waals surface area contributed by atoms with Gasteiger partial charge in [-0.3, -0.25) is 4.57 Å². The van der Waals surface area contributed by atoms with Crippen LogP contribution in [0, 0.1) is 0 Å². The van der Waals surface area contributed by atoms with E-state index in [2.05, 4.69) is 149 Å². The van der Waals surface area contributed by atoms with Gasteiger partial charge in [0.05, 0.1) is 32.3 Å². The number of thiazole rings is 1. The van der Waals surface area contributed by atoms with Gasteiger partial charge in [0.1, 0.15) is 0 Å². The van der Waals surface area contributed by atoms with E-state index >= 15 is 0 Å². The molecule has 11 rings (SSSR count). The molecule has 0 unspecified atom stereocenters. The Morgan fingerprint density at radius 3 is 1.85 bits per heavy atom. The second-order valence-electron chi connectivity index (χ2n) is 12.0. The molecule has 0 atom stereocenters. The number of hydrogen-bond acceptors (Lipinski definition) is 3. The van der Waals surface area contributed by atoms with Crippen LogP contribution in [0.15, 0.2) is 140 Å². The lowest BCUT2D eigenvalue weighted by atomic mass is 10.1. The normalized spacial score (nSPS) is 12.3. The van der Waals surface area contributed by atoms with Gasteiger partial charge in [-0.25, -0.2) is 4.98 Å². The minimum atomic E-state index is 0.998. The summed E-state index contributed by atoms with van der Waals surface area (Å²) in [6.07, 6.45) is 0. The summed E-state index contributed by atoms with van der Waals surface area (Å²) >= 11 is 3.62. The fraction of sp³-hybridized carbons (Fsp3) is 0. The summed E-state index contributed by atoms with van der Waals surface area (Å²) in [5.74, 6) is 0. The first-order chi connectivity index (χ1) is 22.8. The Morgan fingerprint density at radius 1 is 0.413 bits per heavy atom. The van der Waals surface area contributed by atoms with Crippen LogP contribution in [0.25, 0.3) is 95.6 Å². The summed E-state index contributed by atoms with van der Waals surface area (Å²) in [6, 6.07) is 51.0. The molecule has 0 saturated heterocycles. The van der Waals surface area contributed by atoms with E-state index in [-0.39, 0.29) is 0 Å². The summed E-state index contributed by atoms with van der Waals surface area (Å²) in [5, 5.41) is 11.0. The SMILES string of the molecule is c1ccc2cc3c(cc2c1)c1cc(-n2c4ccccc4c4ccccc42)ccc1n3-c1nc2c(ccc3sc4ccccc4c32)s1. The zero-order valence-electron chi connectivity index (χ0n) is 24.4. The molecular formula is C41H23N3S2. The van der Waals surface area contributed by atoms with Crippen LogP contribution in [-0.2, 0) is 0 Å². The summed E-state index contributed by atoms with van der Waals surface area (Å²) in [7, 11) is 0. The Labute approximate surface area is 270 Å². The lowest BCUT2D eigenvalue weighted by molar-refractivity contribution is 1.14. The van der Waals surface area contributed by atoms with E-state index in [1.807, 2.05) is 11.3 Å². The van der Waals surface area contributed by atoms with E-state index in [4.69, 9.17) is 4.98 Å². The smallest absolute Gasteiger partial charge is 0.195 e. The molecule has 0 bridgehead atoms. The van der Waals surface area contributed by atoms with Gasteiger partial charge < -0.3 is 4.57 Å². The Kier molecular flexibility index (Phi) is 4.87. The molecule has 7 aromatic carbocycles. The van der Waals surface area contributed by atoms with E-state index in [0.29, 0.717) is 0 Å². The number of hydrogen-bond donors (Lipinski definition) is 0. The first-order valence-corrected chi connectivity index (χ1v) is 17.1. The fourth-order valence-electron chi connectivity index (χ4n) is 7.52. The van der Waals surface area contributed by atoms with Gasteiger partial charge >= 0.3 is 0 Å². The van der Waals surface area contributed by atoms with Crippen LogP contribution in [0.4, 0.5) is 0 Å². The van der Waals surface area contributed by atoms with Crippen molar-refractivity contribution in [3.05, 3.63) is 140 Å². The summed E-state index contributed by atoms with van der Waals surface area (Å²) in [4.78, 5) is 5.42. The highest BCUT2D eigenvalue weighted by Crippen LogP contribution is 2.43. The van der Waals surface area contributed by atoms with Gasteiger partial charge in [-0.1, -0.05) is 90.2 Å². The fourth-order valence-corrected chi connectivity index (χ4v) is 9.64. The third kappa shape index (κ3) is 3.28. The molecule has 0 N–H and O–H groups in total. The van der Waals surface area contributed by atoms with Crippen LogP contribution in [0.1, 0.15) is 0 Å². The van der Waals surface area contributed by atoms with Crippen LogP contribution in [-0.4, -0.2) is 14.1 Å². The van der Waals surface area contributed by atoms with Crippen LogP contribution < -0.4 is 0 Å². The van der Waals surface area contributed by atoms with Crippen molar-refractivity contribution in [3.8, 4) is 10.8 Å². The highest BCUT2D eigenvalue weighted by atomic mass is 32.1. The van der Waals surface area contributed by atoms with Crippen molar-refractivity contribution in [3.63, 3.8) is 0 Å². The topological polar surface area (TPSA) is 22.8 Å². The van der Waals surface area contributed by atoms with Crippen LogP contribution in [0.2, 0.25) is 0 Å². The highest BCUT2D eigenvalue weighted by Gasteiger charge is 2.20. The average molecular weight is 622 g/mol. The maximum absolute atomic E-state index is 5.42. The molecule has 0 aliphatic carbocycles. The number of rotatable bonds is 2. The molecule has 0 spiro atoms. The molecule has 0 fully saturated rings. The highest BCUT2D eigenvalue weighted by molar-refractivity contribution is 7.26. The predicted octanol–water partition coefficient (Wildman–Crippen LogP) is 12.0. The van der Waals surface area contributed by atoms with Gasteiger partial charge in [-0.15, -0.1) is 11.3 Å². The van der Waals surface area contributed by atoms with E-state index in [1.54, 1.807) is 11.3 Å². The molecule has 0 aliphatic rings. The number of nitrogens with zero attached hydrogens (tertiary/aromatic N) is 3. The summed E-state index contributed by atoms with van der Waals surface area (Å²) in [6.45, 7) is 0. The molecule has 0 saturated carbocycles. The molecule has 0 radical (unpaired) electrons. The van der Waals surface area contributed by atoms with Crippen molar-refractivity contribution in [2.75, 3.05) is 0 Å². The van der Waals surface area contributed by atoms with Gasteiger partial charge in [0, 0.05) is 47.4 Å². The molecule has 46 heavy (non-hydrogen) atoms. The quantitative estimate of drug-likeness (QED) is 0.188. The minimum absolute atomic E-state index is 0.998. The summed E-state index contributed by atoms with van der Waals surface area (Å²) < 4.78 is 8.60. The van der Waals surface area contributed by atoms with E-state index in [9.17, 15) is 0 Å². The van der Waals surface area contributed by atoms with Crippen molar-refractivity contribution in [1.82, 2.24) is 14.1 Å². The summed E-state index contributed by atoms with van der Waals surface area (Å²) in [5.41, 5.74) is 7.03. The van der Waals surface area contributed by atoms with E-state index in [1.165, 1.54) is 79.3 Å². The number of fused-ring (bicyclic) bond motifs is 12. The predicted molar refractivity (Wildman–Crippen MR) is 199 cm³/mol. The molecule has 214 valence electrons. The molecule has 11 aromatic rings. The molecule has 3 nitrogen and oxygen atoms in total. The van der Waals surface area contributed by atoms with Crippen molar-refractivity contribution >= 4 is 107 Å². The van der Waals surface area contributed by atoms with Gasteiger partial charge in [0.15, 0.2) is 5.13 Å². The van der Waals surface area contributed by atoms with Crippen molar-refractivity contribution in [2.45, 2.75) is 0 Å². The molecule has 4 heterocycles. The molecule has 5 heteroatoms. The Balaban J connectivity index is 1.24. The Hall–Kier alpha value is -5.49. The number of para-hydroxylation sites is 2. The largest absolute Gasteiger partial charge is 0.309 e. The van der Waals surface area contributed by atoms with Crippen molar-refractivity contribution in [2.24, 2.45) is 0 Å². The monoisotopic (exact) mass is 621 g/mol. The Bertz CT molecular complexity index is 2990. The average Bonchev–Trinajstić information content (AvgIpc) is 3.85. The first-order valence-electron chi connectivity index (χ1n) is 15.5. The minimum Gasteiger partial charge on any atom is -0.309 e. The molecule has 4 aromatic heterocycles.